The minimum atomic E-state index is -5.12. The van der Waals surface area contributed by atoms with Crippen molar-refractivity contribution in [1.29, 1.82) is 0 Å². The third kappa shape index (κ3) is 6.66. The van der Waals surface area contributed by atoms with Gasteiger partial charge in [-0.1, -0.05) is 55.1 Å². The van der Waals surface area contributed by atoms with Gasteiger partial charge in [-0.25, -0.2) is 17.6 Å². The van der Waals surface area contributed by atoms with Crippen LogP contribution in [0, 0.1) is 17.5 Å². The minimum Gasteiger partial charge on any atom is -0.206 e. The number of halogens is 8. The van der Waals surface area contributed by atoms with Crippen molar-refractivity contribution >= 4 is 17.6 Å². The largest absolute Gasteiger partial charge is 0.422 e. The molecule has 186 valence electrons. The first-order chi connectivity index (χ1) is 16.5. The number of rotatable bonds is 8. The van der Waals surface area contributed by atoms with Crippen molar-refractivity contribution in [2.45, 2.75) is 32.4 Å². The van der Waals surface area contributed by atoms with E-state index in [4.69, 9.17) is 0 Å². The van der Waals surface area contributed by atoms with E-state index < -0.39 is 40.2 Å². The summed E-state index contributed by atoms with van der Waals surface area (Å²) in [7, 11) is 0. The summed E-state index contributed by atoms with van der Waals surface area (Å²) in [5.74, 6) is -4.81. The molecule has 0 spiro atoms. The fourth-order valence-corrected chi connectivity index (χ4v) is 4.06. The van der Waals surface area contributed by atoms with Crippen LogP contribution in [0.1, 0.15) is 35.6 Å². The molecule has 0 saturated heterocycles. The van der Waals surface area contributed by atoms with Crippen LogP contribution in [-0.4, -0.2) is 5.75 Å². The first-order valence-corrected chi connectivity index (χ1v) is 11.6. The van der Waals surface area contributed by atoms with E-state index in [0.29, 0.717) is 35.4 Å². The molecular formula is C26H20F8S. The number of alkyl halides is 3. The molecule has 0 unspecified atom stereocenters. The lowest BCUT2D eigenvalue weighted by Crippen LogP contribution is -2.12. The highest BCUT2D eigenvalue weighted by atomic mass is 32.2. The fourth-order valence-electron chi connectivity index (χ4n) is 3.43. The molecule has 0 aliphatic carbocycles. The maximum absolute atomic E-state index is 14.6. The summed E-state index contributed by atoms with van der Waals surface area (Å²) in [6.07, 6.45) is -4.11. The number of aryl methyl sites for hydroxylation is 2. The monoisotopic (exact) mass is 516 g/mol. The summed E-state index contributed by atoms with van der Waals surface area (Å²) >= 11 is 0.717. The molecule has 0 nitrogen and oxygen atoms in total. The second kappa shape index (κ2) is 11.3. The van der Waals surface area contributed by atoms with E-state index in [0.717, 1.165) is 17.8 Å². The molecule has 35 heavy (non-hydrogen) atoms. The van der Waals surface area contributed by atoms with Gasteiger partial charge in [0.05, 0.1) is 0 Å². The zero-order valence-electron chi connectivity index (χ0n) is 18.5. The van der Waals surface area contributed by atoms with Crippen molar-refractivity contribution in [1.82, 2.24) is 0 Å². The quantitative estimate of drug-likeness (QED) is 0.269. The summed E-state index contributed by atoms with van der Waals surface area (Å²) < 4.78 is 108. The van der Waals surface area contributed by atoms with Crippen molar-refractivity contribution in [3.05, 3.63) is 99.5 Å². The lowest BCUT2D eigenvalue weighted by Gasteiger charge is -2.11. The molecule has 3 aromatic carbocycles. The van der Waals surface area contributed by atoms with Crippen LogP contribution < -0.4 is 0 Å². The van der Waals surface area contributed by atoms with Gasteiger partial charge in [0, 0.05) is 16.9 Å². The van der Waals surface area contributed by atoms with E-state index in [9.17, 15) is 35.1 Å². The summed E-state index contributed by atoms with van der Waals surface area (Å²) in [5.41, 5.74) is -0.721. The Kier molecular flexibility index (Phi) is 8.64. The van der Waals surface area contributed by atoms with Gasteiger partial charge in [0.25, 0.3) is 0 Å². The first kappa shape index (κ1) is 26.8. The van der Waals surface area contributed by atoms with Crippen molar-refractivity contribution in [2.75, 3.05) is 5.75 Å². The van der Waals surface area contributed by atoms with Crippen LogP contribution >= 0.6 is 11.8 Å². The Bertz CT molecular complexity index is 1190. The summed E-state index contributed by atoms with van der Waals surface area (Å²) in [6, 6.07) is 11.3. The van der Waals surface area contributed by atoms with Gasteiger partial charge in [0.2, 0.25) is 0 Å². The Morgan fingerprint density at radius 2 is 1.37 bits per heavy atom. The molecule has 0 bridgehead atoms. The topological polar surface area (TPSA) is 0 Å². The number of hydrogen-bond acceptors (Lipinski definition) is 1. The predicted octanol–water partition coefficient (Wildman–Crippen LogP) is 9.28. The maximum Gasteiger partial charge on any atom is 0.422 e. The number of benzene rings is 3. The zero-order chi connectivity index (χ0) is 25.8. The summed E-state index contributed by atoms with van der Waals surface area (Å²) in [4.78, 5) is 0. The average molecular weight is 516 g/mol. The Morgan fingerprint density at radius 3 is 1.91 bits per heavy atom. The summed E-state index contributed by atoms with van der Waals surface area (Å²) in [5, 5.41) is -1.00. The van der Waals surface area contributed by atoms with Crippen LogP contribution in [0.5, 0.6) is 0 Å². The molecule has 3 rings (SSSR count). The predicted molar refractivity (Wildman–Crippen MR) is 122 cm³/mol. The highest BCUT2D eigenvalue weighted by molar-refractivity contribution is 8.03. The normalized spacial score (nSPS) is 12.6. The first-order valence-electron chi connectivity index (χ1n) is 10.6. The van der Waals surface area contributed by atoms with Crippen LogP contribution in [0.3, 0.4) is 0 Å². The van der Waals surface area contributed by atoms with Crippen molar-refractivity contribution in [3.63, 3.8) is 0 Å². The second-order valence-corrected chi connectivity index (χ2v) is 8.82. The Balaban J connectivity index is 1.72. The van der Waals surface area contributed by atoms with E-state index in [2.05, 4.69) is 0 Å². The van der Waals surface area contributed by atoms with Gasteiger partial charge in [0.15, 0.2) is 11.0 Å². The van der Waals surface area contributed by atoms with Crippen LogP contribution in [0.2, 0.25) is 0 Å². The lowest BCUT2D eigenvalue weighted by molar-refractivity contribution is -0.142. The van der Waals surface area contributed by atoms with Gasteiger partial charge in [-0.3, -0.25) is 0 Å². The van der Waals surface area contributed by atoms with Crippen LogP contribution in [0.4, 0.5) is 35.1 Å². The van der Waals surface area contributed by atoms with Crippen molar-refractivity contribution in [2.24, 2.45) is 0 Å². The van der Waals surface area contributed by atoms with Crippen molar-refractivity contribution < 1.29 is 35.1 Å². The Hall–Kier alpha value is -2.81. The molecule has 0 aliphatic heterocycles. The molecule has 0 aromatic heterocycles. The molecule has 9 heteroatoms. The van der Waals surface area contributed by atoms with Crippen LogP contribution in [0.15, 0.2) is 59.8 Å². The molecular weight excluding hydrogens is 496 g/mol. The van der Waals surface area contributed by atoms with E-state index >= 15 is 0 Å². The van der Waals surface area contributed by atoms with Gasteiger partial charge in [-0.2, -0.15) is 17.6 Å². The fraction of sp³-hybridized carbons (Fsp3) is 0.231. The second-order valence-electron chi connectivity index (χ2n) is 7.76. The average Bonchev–Trinajstić information content (AvgIpc) is 2.79. The standard InChI is InChI=1S/C26H20F8S/c1-2-11-35-25(31)24(30)18-9-10-19(20(27)14-18)17-7-5-15(6-8-17)3-4-16-12-21(28)23(22(29)13-16)26(32,33)34/h5-10,12-14H,2-4,11H2,1H3. The van der Waals surface area contributed by atoms with E-state index in [1.165, 1.54) is 12.1 Å². The third-order valence-electron chi connectivity index (χ3n) is 5.18. The molecule has 0 saturated carbocycles. The lowest BCUT2D eigenvalue weighted by atomic mass is 9.98. The summed E-state index contributed by atoms with van der Waals surface area (Å²) in [6.45, 7) is 1.83. The third-order valence-corrected chi connectivity index (χ3v) is 6.23. The highest BCUT2D eigenvalue weighted by Gasteiger charge is 2.37. The number of hydrogen-bond donors (Lipinski definition) is 0. The number of thioether (sulfide) groups is 1. The molecule has 0 radical (unpaired) electrons. The van der Waals surface area contributed by atoms with Gasteiger partial charge in [0.1, 0.15) is 23.0 Å². The molecule has 0 aliphatic rings. The van der Waals surface area contributed by atoms with Gasteiger partial charge in [-0.05, 0) is 54.2 Å². The Labute approximate surface area is 201 Å². The Morgan fingerprint density at radius 1 is 0.771 bits per heavy atom. The van der Waals surface area contributed by atoms with Crippen molar-refractivity contribution in [3.8, 4) is 11.1 Å². The minimum absolute atomic E-state index is 0.0677. The molecule has 3 aromatic rings. The van der Waals surface area contributed by atoms with Crippen LogP contribution in [-0.2, 0) is 19.0 Å². The molecule has 0 N–H and O–H groups in total. The van der Waals surface area contributed by atoms with Gasteiger partial charge < -0.3 is 0 Å². The smallest absolute Gasteiger partial charge is 0.206 e. The molecule has 0 fully saturated rings. The van der Waals surface area contributed by atoms with Crippen LogP contribution in [0.25, 0.3) is 17.0 Å². The highest BCUT2D eigenvalue weighted by Crippen LogP contribution is 2.35. The van der Waals surface area contributed by atoms with Gasteiger partial charge in [-0.15, -0.1) is 0 Å². The van der Waals surface area contributed by atoms with Gasteiger partial charge >= 0.3 is 6.18 Å². The van der Waals surface area contributed by atoms with E-state index in [1.54, 1.807) is 24.3 Å². The SMILES string of the molecule is CCCSC(F)=C(F)c1ccc(-c2ccc(CCc3cc(F)c(C(F)(F)F)c(F)c3)cc2)c(F)c1. The molecule has 0 amide bonds. The molecule has 0 heterocycles. The zero-order valence-corrected chi connectivity index (χ0v) is 19.3. The van der Waals surface area contributed by atoms with E-state index in [-0.39, 0.29) is 29.5 Å². The maximum atomic E-state index is 14.6. The molecule has 0 atom stereocenters. The van der Waals surface area contributed by atoms with E-state index in [1.807, 2.05) is 6.92 Å².